The minimum absolute atomic E-state index is 0.00740. The van der Waals surface area contributed by atoms with E-state index in [1.807, 2.05) is 32.0 Å². The van der Waals surface area contributed by atoms with Crippen LogP contribution in [0.5, 0.6) is 5.75 Å². The molecule has 0 aromatic heterocycles. The Hall–Kier alpha value is -2.44. The number of rotatable bonds is 2. The summed E-state index contributed by atoms with van der Waals surface area (Å²) < 4.78 is 5.57. The molecule has 0 aliphatic carbocycles. The first-order chi connectivity index (χ1) is 11.3. The third-order valence-corrected chi connectivity index (χ3v) is 5.11. The average molecular weight is 332 g/mol. The second-order valence-corrected chi connectivity index (χ2v) is 6.62. The number of carbonyl (C=O) groups is 2. The summed E-state index contributed by atoms with van der Waals surface area (Å²) in [5.41, 5.74) is 2.05. The van der Waals surface area contributed by atoms with Crippen LogP contribution in [0.25, 0.3) is 0 Å². The third kappa shape index (κ3) is 2.44. The van der Waals surface area contributed by atoms with E-state index in [-0.39, 0.29) is 36.2 Å². The van der Waals surface area contributed by atoms with Crippen LogP contribution in [0.4, 0.5) is 9.59 Å². The molecule has 0 saturated carbocycles. The Balaban J connectivity index is 2.10. The molecule has 2 heterocycles. The van der Waals surface area contributed by atoms with E-state index < -0.39 is 0 Å². The van der Waals surface area contributed by atoms with Gasteiger partial charge in [-0.1, -0.05) is 12.1 Å². The van der Waals surface area contributed by atoms with Crippen molar-refractivity contribution in [1.29, 1.82) is 0 Å². The van der Waals surface area contributed by atoms with Crippen molar-refractivity contribution in [3.8, 4) is 5.75 Å². The van der Waals surface area contributed by atoms with Gasteiger partial charge in [0.1, 0.15) is 11.9 Å². The van der Waals surface area contributed by atoms with Crippen LogP contribution in [0.3, 0.4) is 0 Å². The molecular weight excluding hydrogens is 308 g/mol. The zero-order valence-corrected chi connectivity index (χ0v) is 14.7. The molecule has 0 spiro atoms. The van der Waals surface area contributed by atoms with Gasteiger partial charge in [-0.15, -0.1) is 0 Å². The third-order valence-electron chi connectivity index (χ3n) is 5.11. The Bertz CT molecular complexity index is 678. The first kappa shape index (κ1) is 16.4. The van der Waals surface area contributed by atoms with E-state index in [9.17, 15) is 9.59 Å². The molecule has 4 amide bonds. The smallest absolute Gasteiger partial charge is 0.319 e. The molecule has 7 nitrogen and oxygen atoms in total. The molecule has 0 radical (unpaired) electrons. The number of aryl methyl sites for hydroxylation is 1. The number of hydrogen-bond acceptors (Lipinski definition) is 3. The second kappa shape index (κ2) is 5.89. The zero-order valence-electron chi connectivity index (χ0n) is 14.7. The van der Waals surface area contributed by atoms with E-state index in [1.54, 1.807) is 31.0 Å². The number of nitrogens with one attached hydrogen (secondary N) is 2. The van der Waals surface area contributed by atoms with Crippen molar-refractivity contribution < 1.29 is 14.3 Å². The average Bonchev–Trinajstić information content (AvgIpc) is 2.54. The van der Waals surface area contributed by atoms with Gasteiger partial charge in [0.2, 0.25) is 0 Å². The summed E-state index contributed by atoms with van der Waals surface area (Å²) in [5.74, 6) is 0.749. The van der Waals surface area contributed by atoms with Crippen molar-refractivity contribution >= 4 is 12.1 Å². The molecule has 24 heavy (non-hydrogen) atoms. The van der Waals surface area contributed by atoms with Crippen LogP contribution in [-0.4, -0.2) is 55.3 Å². The molecule has 4 atom stereocenters. The quantitative estimate of drug-likeness (QED) is 0.865. The number of amides is 4. The molecule has 2 aliphatic heterocycles. The topological polar surface area (TPSA) is 73.9 Å². The predicted molar refractivity (Wildman–Crippen MR) is 89.8 cm³/mol. The molecule has 3 rings (SSSR count). The zero-order chi connectivity index (χ0) is 17.6. The molecule has 2 fully saturated rings. The predicted octanol–water partition coefficient (Wildman–Crippen LogP) is 1.69. The fourth-order valence-electron chi connectivity index (χ4n) is 3.78. The summed E-state index contributed by atoms with van der Waals surface area (Å²) in [4.78, 5) is 27.8. The molecule has 2 N–H and O–H groups in total. The molecule has 2 saturated heterocycles. The number of benzene rings is 1. The van der Waals surface area contributed by atoms with Crippen LogP contribution in [0.1, 0.15) is 24.1 Å². The van der Waals surface area contributed by atoms with Gasteiger partial charge < -0.3 is 25.2 Å². The van der Waals surface area contributed by atoms with E-state index in [0.717, 1.165) is 16.9 Å². The van der Waals surface area contributed by atoms with Crippen LogP contribution < -0.4 is 15.4 Å². The Kier molecular flexibility index (Phi) is 4.03. The maximum atomic E-state index is 12.5. The van der Waals surface area contributed by atoms with E-state index in [2.05, 4.69) is 10.6 Å². The molecule has 1 aromatic rings. The van der Waals surface area contributed by atoms with Crippen molar-refractivity contribution in [1.82, 2.24) is 20.4 Å². The van der Waals surface area contributed by atoms with Gasteiger partial charge >= 0.3 is 12.1 Å². The number of nitrogens with zero attached hydrogens (tertiary/aromatic N) is 2. The van der Waals surface area contributed by atoms with Crippen LogP contribution in [-0.2, 0) is 0 Å². The number of hydrogen-bond donors (Lipinski definition) is 2. The molecule has 130 valence electrons. The number of carbonyl (C=O) groups excluding carboxylic acids is 2. The van der Waals surface area contributed by atoms with Gasteiger partial charge in [-0.2, -0.15) is 0 Å². The van der Waals surface area contributed by atoms with Crippen LogP contribution in [0, 0.1) is 12.8 Å². The van der Waals surface area contributed by atoms with E-state index in [4.69, 9.17) is 4.74 Å². The maximum Gasteiger partial charge on any atom is 0.319 e. The second-order valence-electron chi connectivity index (χ2n) is 6.62. The molecule has 0 unspecified atom stereocenters. The number of methoxy groups -OCH3 is 1. The fourth-order valence-corrected chi connectivity index (χ4v) is 3.78. The summed E-state index contributed by atoms with van der Waals surface area (Å²) >= 11 is 0. The van der Waals surface area contributed by atoms with E-state index in [0.29, 0.717) is 0 Å². The van der Waals surface area contributed by atoms with E-state index in [1.165, 1.54) is 0 Å². The summed E-state index contributed by atoms with van der Waals surface area (Å²) in [5, 5.41) is 5.92. The van der Waals surface area contributed by atoms with Crippen molar-refractivity contribution in [2.24, 2.45) is 5.92 Å². The molecule has 2 aliphatic rings. The molecule has 7 heteroatoms. The summed E-state index contributed by atoms with van der Waals surface area (Å²) in [6, 6.07) is 5.34. The first-order valence-corrected chi connectivity index (χ1v) is 8.06. The van der Waals surface area contributed by atoms with Gasteiger partial charge in [0, 0.05) is 31.6 Å². The van der Waals surface area contributed by atoms with Gasteiger partial charge in [0.05, 0.1) is 13.2 Å². The van der Waals surface area contributed by atoms with Crippen molar-refractivity contribution in [2.75, 3.05) is 21.2 Å². The lowest BCUT2D eigenvalue weighted by Gasteiger charge is -2.52. The molecule has 0 bridgehead atoms. The van der Waals surface area contributed by atoms with Crippen LogP contribution in [0.15, 0.2) is 18.2 Å². The molecular formula is C17H24N4O3. The normalized spacial score (nSPS) is 29.7. The summed E-state index contributed by atoms with van der Waals surface area (Å²) in [6.45, 7) is 3.98. The highest BCUT2D eigenvalue weighted by molar-refractivity contribution is 5.80. The lowest BCUT2D eigenvalue weighted by atomic mass is 9.80. The highest BCUT2D eigenvalue weighted by atomic mass is 16.5. The SMILES string of the molecule is COc1cc(C)ccc1[C@H]1[C@@H]2[C@@H](NC(=O)N1C)N(C)C(=O)N[C@@H]2C. The lowest BCUT2D eigenvalue weighted by Crippen LogP contribution is -2.71. The van der Waals surface area contributed by atoms with Gasteiger partial charge in [-0.25, -0.2) is 9.59 Å². The number of fused-ring (bicyclic) bond motifs is 1. The van der Waals surface area contributed by atoms with Crippen molar-refractivity contribution in [2.45, 2.75) is 32.1 Å². The minimum atomic E-state index is -0.353. The van der Waals surface area contributed by atoms with Gasteiger partial charge in [-0.3, -0.25) is 0 Å². The van der Waals surface area contributed by atoms with Crippen molar-refractivity contribution in [3.63, 3.8) is 0 Å². The fraction of sp³-hybridized carbons (Fsp3) is 0.529. The van der Waals surface area contributed by atoms with Crippen LogP contribution in [0.2, 0.25) is 0 Å². The first-order valence-electron chi connectivity index (χ1n) is 8.06. The highest BCUT2D eigenvalue weighted by Gasteiger charge is 2.50. The van der Waals surface area contributed by atoms with Gasteiger partial charge in [0.15, 0.2) is 0 Å². The minimum Gasteiger partial charge on any atom is -0.496 e. The number of urea groups is 2. The molecule has 1 aromatic carbocycles. The Morgan fingerprint density at radius 1 is 1.08 bits per heavy atom. The monoisotopic (exact) mass is 332 g/mol. The lowest BCUT2D eigenvalue weighted by molar-refractivity contribution is 0.0241. The number of ether oxygens (including phenoxy) is 1. The summed E-state index contributed by atoms with van der Waals surface area (Å²) in [6.07, 6.45) is -0.353. The summed E-state index contributed by atoms with van der Waals surface area (Å²) in [7, 11) is 5.11. The van der Waals surface area contributed by atoms with E-state index >= 15 is 0 Å². The Morgan fingerprint density at radius 2 is 1.75 bits per heavy atom. The van der Waals surface area contributed by atoms with Crippen LogP contribution >= 0.6 is 0 Å². The van der Waals surface area contributed by atoms with Crippen molar-refractivity contribution in [3.05, 3.63) is 29.3 Å². The highest BCUT2D eigenvalue weighted by Crippen LogP contribution is 2.41. The largest absolute Gasteiger partial charge is 0.496 e. The Morgan fingerprint density at radius 3 is 2.42 bits per heavy atom. The standard InChI is InChI=1S/C17H24N4O3/c1-9-6-7-11(12(8-9)24-5)14-13-10(2)18-16(22)21(4)15(13)19-17(23)20(14)3/h6-8,10,13-15H,1-5H3,(H,18,22)(H,19,23)/t10-,13-,14+,15+/m1/s1. The van der Waals surface area contributed by atoms with Gasteiger partial charge in [-0.05, 0) is 25.5 Å². The Labute approximate surface area is 141 Å². The van der Waals surface area contributed by atoms with Gasteiger partial charge in [0.25, 0.3) is 0 Å². The maximum absolute atomic E-state index is 12.5.